The van der Waals surface area contributed by atoms with Crippen molar-refractivity contribution >= 4 is 17.5 Å². The first-order valence-corrected chi connectivity index (χ1v) is 10.6. The summed E-state index contributed by atoms with van der Waals surface area (Å²) in [6, 6.07) is 10.5. The molecule has 1 saturated heterocycles. The Labute approximate surface area is 190 Å². The summed E-state index contributed by atoms with van der Waals surface area (Å²) in [7, 11) is 2.94. The average molecular weight is 453 g/mol. The molecule has 0 unspecified atom stereocenters. The van der Waals surface area contributed by atoms with Crippen LogP contribution in [0.3, 0.4) is 0 Å². The van der Waals surface area contributed by atoms with E-state index in [1.807, 2.05) is 0 Å². The zero-order valence-corrected chi connectivity index (χ0v) is 18.4. The number of carbonyl (C=O) groups is 2. The molecule has 2 heterocycles. The van der Waals surface area contributed by atoms with Crippen LogP contribution < -0.4 is 14.8 Å². The maximum Gasteiger partial charge on any atom is 0.277 e. The van der Waals surface area contributed by atoms with Crippen molar-refractivity contribution in [1.29, 1.82) is 0 Å². The van der Waals surface area contributed by atoms with Gasteiger partial charge in [-0.1, -0.05) is 17.3 Å². The molecule has 0 bridgehead atoms. The number of methoxy groups -OCH3 is 2. The molecule has 3 aromatic rings. The molecule has 172 valence electrons. The smallest absolute Gasteiger partial charge is 0.277 e. The largest absolute Gasteiger partial charge is 0.493 e. The molecule has 9 heteroatoms. The van der Waals surface area contributed by atoms with E-state index in [2.05, 4.69) is 10.5 Å². The molecular formula is C24H24FN3O5. The van der Waals surface area contributed by atoms with Gasteiger partial charge in [-0.05, 0) is 37.5 Å². The average Bonchev–Trinajstić information content (AvgIpc) is 3.34. The minimum atomic E-state index is -0.610. The number of ether oxygens (including phenoxy) is 2. The van der Waals surface area contributed by atoms with Crippen LogP contribution in [0, 0.1) is 5.82 Å². The van der Waals surface area contributed by atoms with Crippen LogP contribution in [0.4, 0.5) is 10.1 Å². The quantitative estimate of drug-likeness (QED) is 0.596. The molecule has 33 heavy (non-hydrogen) atoms. The summed E-state index contributed by atoms with van der Waals surface area (Å²) >= 11 is 0. The van der Waals surface area contributed by atoms with Gasteiger partial charge >= 0.3 is 0 Å². The summed E-state index contributed by atoms with van der Waals surface area (Å²) in [5, 5.41) is 6.48. The van der Waals surface area contributed by atoms with Gasteiger partial charge in [0.15, 0.2) is 23.0 Å². The van der Waals surface area contributed by atoms with Crippen molar-refractivity contribution in [3.05, 3.63) is 59.5 Å². The second kappa shape index (κ2) is 9.72. The van der Waals surface area contributed by atoms with E-state index in [0.717, 1.165) is 19.3 Å². The summed E-state index contributed by atoms with van der Waals surface area (Å²) in [4.78, 5) is 27.9. The Morgan fingerprint density at radius 1 is 1.03 bits per heavy atom. The van der Waals surface area contributed by atoms with Crippen molar-refractivity contribution < 1.29 is 28.0 Å². The van der Waals surface area contributed by atoms with Gasteiger partial charge in [0, 0.05) is 25.2 Å². The molecular weight excluding hydrogens is 429 g/mol. The fraction of sp³-hybridized carbons (Fsp3) is 0.292. The number of hydrogen-bond donors (Lipinski definition) is 1. The van der Waals surface area contributed by atoms with E-state index in [4.69, 9.17) is 14.0 Å². The Bertz CT molecular complexity index is 1170. The number of halogens is 1. The van der Waals surface area contributed by atoms with Gasteiger partial charge in [-0.3, -0.25) is 9.59 Å². The van der Waals surface area contributed by atoms with Crippen molar-refractivity contribution in [3.63, 3.8) is 0 Å². The zero-order valence-electron chi connectivity index (χ0n) is 18.4. The molecule has 1 fully saturated rings. The zero-order chi connectivity index (χ0) is 23.4. The molecule has 1 N–H and O–H groups in total. The highest BCUT2D eigenvalue weighted by atomic mass is 19.1. The van der Waals surface area contributed by atoms with Gasteiger partial charge in [0.05, 0.1) is 31.0 Å². The third-order valence-corrected chi connectivity index (χ3v) is 5.53. The van der Waals surface area contributed by atoms with Gasteiger partial charge in [-0.25, -0.2) is 4.39 Å². The lowest BCUT2D eigenvalue weighted by Crippen LogP contribution is -2.36. The van der Waals surface area contributed by atoms with Crippen molar-refractivity contribution in [2.24, 2.45) is 0 Å². The van der Waals surface area contributed by atoms with Gasteiger partial charge in [-0.2, -0.15) is 0 Å². The molecule has 1 aliphatic rings. The molecule has 4 rings (SSSR count). The number of nitrogens with zero attached hydrogens (tertiary/aromatic N) is 2. The third-order valence-electron chi connectivity index (χ3n) is 5.53. The predicted molar refractivity (Wildman–Crippen MR) is 119 cm³/mol. The highest BCUT2D eigenvalue weighted by Gasteiger charge is 2.25. The summed E-state index contributed by atoms with van der Waals surface area (Å²) in [6.45, 7) is 1.30. The van der Waals surface area contributed by atoms with Gasteiger partial charge in [-0.15, -0.1) is 0 Å². The number of rotatable bonds is 6. The van der Waals surface area contributed by atoms with E-state index in [1.165, 1.54) is 38.5 Å². The lowest BCUT2D eigenvalue weighted by Gasteiger charge is -2.28. The number of nitrogens with one attached hydrogen (secondary N) is 1. The molecule has 1 aliphatic heterocycles. The minimum Gasteiger partial charge on any atom is -0.493 e. The SMILES string of the molecule is COc1cc(NC(=O)c2cc(-c3ccccc3F)on2)c(C(=O)N2CCCCC2)cc1OC. The maximum absolute atomic E-state index is 14.0. The Balaban J connectivity index is 1.64. The van der Waals surface area contributed by atoms with Crippen LogP contribution in [0.1, 0.15) is 40.1 Å². The summed E-state index contributed by atoms with van der Waals surface area (Å²) < 4.78 is 29.9. The fourth-order valence-electron chi connectivity index (χ4n) is 3.78. The Kier molecular flexibility index (Phi) is 6.58. The molecule has 1 aromatic heterocycles. The highest BCUT2D eigenvalue weighted by molar-refractivity contribution is 6.09. The van der Waals surface area contributed by atoms with Crippen molar-refractivity contribution in [2.45, 2.75) is 19.3 Å². The van der Waals surface area contributed by atoms with Crippen LogP contribution >= 0.6 is 0 Å². The number of benzene rings is 2. The van der Waals surface area contributed by atoms with Crippen LogP contribution in [0.2, 0.25) is 0 Å². The normalized spacial score (nSPS) is 13.5. The molecule has 2 aromatic carbocycles. The first kappa shape index (κ1) is 22.3. The first-order chi connectivity index (χ1) is 16.0. The standard InChI is InChI=1S/C24H24FN3O5/c1-31-21-12-16(24(30)28-10-6-3-7-11-28)18(13-22(21)32-2)26-23(29)19-14-20(33-27-19)15-8-4-5-9-17(15)25/h4-5,8-9,12-14H,3,6-7,10-11H2,1-2H3,(H,26,29). The van der Waals surface area contributed by atoms with Crippen molar-refractivity contribution in [3.8, 4) is 22.8 Å². The molecule has 0 aliphatic carbocycles. The van der Waals surface area contributed by atoms with E-state index in [0.29, 0.717) is 24.6 Å². The Morgan fingerprint density at radius 3 is 2.42 bits per heavy atom. The number of likely N-dealkylation sites (tertiary alicyclic amines) is 1. The number of aromatic nitrogens is 1. The first-order valence-electron chi connectivity index (χ1n) is 10.6. The van der Waals surface area contributed by atoms with E-state index >= 15 is 0 Å². The Hall–Kier alpha value is -3.88. The van der Waals surface area contributed by atoms with E-state index in [-0.39, 0.29) is 34.2 Å². The summed E-state index contributed by atoms with van der Waals surface area (Å²) in [5.74, 6) is -0.459. The number of piperidine rings is 1. The molecule has 8 nitrogen and oxygen atoms in total. The van der Waals surface area contributed by atoms with Crippen LogP contribution in [0.5, 0.6) is 11.5 Å². The van der Waals surface area contributed by atoms with E-state index < -0.39 is 11.7 Å². The van der Waals surface area contributed by atoms with E-state index in [1.54, 1.807) is 23.1 Å². The topological polar surface area (TPSA) is 93.9 Å². The molecule has 2 amide bonds. The van der Waals surface area contributed by atoms with Crippen LogP contribution in [0.15, 0.2) is 47.0 Å². The predicted octanol–water partition coefficient (Wildman–Crippen LogP) is 4.38. The lowest BCUT2D eigenvalue weighted by atomic mass is 10.1. The Morgan fingerprint density at radius 2 is 1.73 bits per heavy atom. The van der Waals surface area contributed by atoms with Crippen LogP contribution in [0.25, 0.3) is 11.3 Å². The summed E-state index contributed by atoms with van der Waals surface area (Å²) in [5.41, 5.74) is 0.667. The number of hydrogen-bond acceptors (Lipinski definition) is 6. The number of anilines is 1. The maximum atomic E-state index is 14.0. The number of carbonyl (C=O) groups excluding carboxylic acids is 2. The monoisotopic (exact) mass is 453 g/mol. The van der Waals surface area contributed by atoms with Gasteiger partial charge in [0.2, 0.25) is 0 Å². The molecule has 0 saturated carbocycles. The van der Waals surface area contributed by atoms with Crippen molar-refractivity contribution in [2.75, 3.05) is 32.6 Å². The number of amides is 2. The second-order valence-electron chi connectivity index (χ2n) is 7.62. The second-order valence-corrected chi connectivity index (χ2v) is 7.62. The molecule has 0 spiro atoms. The fourth-order valence-corrected chi connectivity index (χ4v) is 3.78. The summed E-state index contributed by atoms with van der Waals surface area (Å²) in [6.07, 6.45) is 2.94. The van der Waals surface area contributed by atoms with Crippen LogP contribution in [-0.2, 0) is 0 Å². The van der Waals surface area contributed by atoms with Gasteiger partial charge < -0.3 is 24.2 Å². The minimum absolute atomic E-state index is 0.0561. The van der Waals surface area contributed by atoms with E-state index in [9.17, 15) is 14.0 Å². The van der Waals surface area contributed by atoms with Gasteiger partial charge in [0.1, 0.15) is 5.82 Å². The third kappa shape index (κ3) is 4.67. The molecule has 0 atom stereocenters. The van der Waals surface area contributed by atoms with Crippen LogP contribution in [-0.4, -0.2) is 49.2 Å². The lowest BCUT2D eigenvalue weighted by molar-refractivity contribution is 0.0725. The van der Waals surface area contributed by atoms with Gasteiger partial charge in [0.25, 0.3) is 11.8 Å². The molecule has 0 radical (unpaired) electrons. The highest BCUT2D eigenvalue weighted by Crippen LogP contribution is 2.35. The van der Waals surface area contributed by atoms with Crippen molar-refractivity contribution in [1.82, 2.24) is 10.1 Å².